The van der Waals surface area contributed by atoms with Crippen LogP contribution in [0.4, 0.5) is 4.39 Å². The van der Waals surface area contributed by atoms with E-state index in [1.54, 1.807) is 28.9 Å². The van der Waals surface area contributed by atoms with Crippen LogP contribution in [0.5, 0.6) is 0 Å². The molecule has 27 heavy (non-hydrogen) atoms. The first-order valence-corrected chi connectivity index (χ1v) is 9.09. The molecule has 5 nitrogen and oxygen atoms in total. The number of rotatable bonds is 3. The van der Waals surface area contributed by atoms with Gasteiger partial charge in [0.1, 0.15) is 11.4 Å². The third-order valence-corrected chi connectivity index (χ3v) is 4.99. The Morgan fingerprint density at radius 2 is 1.52 bits per heavy atom. The van der Waals surface area contributed by atoms with Gasteiger partial charge in [-0.05, 0) is 31.0 Å². The molecule has 1 heterocycles. The van der Waals surface area contributed by atoms with Crippen molar-refractivity contribution in [1.82, 2.24) is 9.80 Å². The Labute approximate surface area is 158 Å². The van der Waals surface area contributed by atoms with Gasteiger partial charge in [-0.15, -0.1) is 0 Å². The van der Waals surface area contributed by atoms with Crippen molar-refractivity contribution in [3.8, 4) is 0 Å². The second kappa shape index (κ2) is 7.88. The normalized spacial score (nSPS) is 17.1. The van der Waals surface area contributed by atoms with Crippen LogP contribution in [-0.2, 0) is 10.3 Å². The van der Waals surface area contributed by atoms with Gasteiger partial charge in [0, 0.05) is 26.2 Å². The molecule has 1 fully saturated rings. The van der Waals surface area contributed by atoms with Crippen LogP contribution in [0.3, 0.4) is 0 Å². The zero-order chi connectivity index (χ0) is 19.4. The number of nitrogens with zero attached hydrogens (tertiary/aromatic N) is 2. The third-order valence-electron chi connectivity index (χ3n) is 4.99. The van der Waals surface area contributed by atoms with Gasteiger partial charge in [-0.25, -0.2) is 4.39 Å². The fraction of sp³-hybridized carbons (Fsp3) is 0.333. The maximum absolute atomic E-state index is 13.9. The number of nitrogens with two attached hydrogens (primary N) is 1. The molecule has 1 aliphatic rings. The molecule has 2 amide bonds. The average molecular weight is 369 g/mol. The van der Waals surface area contributed by atoms with E-state index in [9.17, 15) is 14.0 Å². The highest BCUT2D eigenvalue weighted by Crippen LogP contribution is 2.21. The van der Waals surface area contributed by atoms with Crippen molar-refractivity contribution in [2.24, 2.45) is 5.73 Å². The number of benzene rings is 2. The number of carbonyl (C=O) groups is 2. The third kappa shape index (κ3) is 4.01. The van der Waals surface area contributed by atoms with E-state index in [4.69, 9.17) is 5.73 Å². The molecule has 2 N–H and O–H groups in total. The molecule has 1 aliphatic heterocycles. The molecule has 0 saturated carbocycles. The molecule has 0 aliphatic carbocycles. The topological polar surface area (TPSA) is 66.6 Å². The smallest absolute Gasteiger partial charge is 0.256 e. The van der Waals surface area contributed by atoms with Gasteiger partial charge in [-0.1, -0.05) is 42.5 Å². The minimum atomic E-state index is -1.13. The standard InChI is InChI=1S/C21H24FN3O2/c1-21(23,16-8-3-2-4-9-16)20(27)25-13-7-12-24(14-15-25)19(26)17-10-5-6-11-18(17)22/h2-6,8-11H,7,12-15,23H2,1H3. The predicted octanol–water partition coefficient (Wildman–Crippen LogP) is 2.37. The Balaban J connectivity index is 1.70. The number of carbonyl (C=O) groups excluding carboxylic acids is 2. The predicted molar refractivity (Wildman–Crippen MR) is 101 cm³/mol. The van der Waals surface area contributed by atoms with E-state index in [-0.39, 0.29) is 17.4 Å². The van der Waals surface area contributed by atoms with Gasteiger partial charge in [-0.3, -0.25) is 9.59 Å². The second-order valence-corrected chi connectivity index (χ2v) is 6.99. The summed E-state index contributed by atoms with van der Waals surface area (Å²) in [6, 6.07) is 15.2. The number of halogens is 1. The lowest BCUT2D eigenvalue weighted by molar-refractivity contribution is -0.136. The van der Waals surface area contributed by atoms with Crippen LogP contribution < -0.4 is 5.73 Å². The molecule has 0 spiro atoms. The van der Waals surface area contributed by atoms with Crippen LogP contribution in [0.25, 0.3) is 0 Å². The first kappa shape index (κ1) is 19.0. The monoisotopic (exact) mass is 369 g/mol. The molecule has 2 aromatic carbocycles. The lowest BCUT2D eigenvalue weighted by atomic mass is 9.91. The second-order valence-electron chi connectivity index (χ2n) is 6.99. The highest BCUT2D eigenvalue weighted by molar-refractivity contribution is 5.94. The fourth-order valence-electron chi connectivity index (χ4n) is 3.36. The summed E-state index contributed by atoms with van der Waals surface area (Å²) >= 11 is 0. The molecule has 3 rings (SSSR count). The van der Waals surface area contributed by atoms with Crippen molar-refractivity contribution < 1.29 is 14.0 Å². The fourth-order valence-corrected chi connectivity index (χ4v) is 3.36. The largest absolute Gasteiger partial charge is 0.339 e. The van der Waals surface area contributed by atoms with Crippen molar-refractivity contribution in [2.45, 2.75) is 18.9 Å². The summed E-state index contributed by atoms with van der Waals surface area (Å²) in [5, 5.41) is 0. The maximum atomic E-state index is 13.9. The number of hydrogen-bond acceptors (Lipinski definition) is 3. The minimum Gasteiger partial charge on any atom is -0.339 e. The summed E-state index contributed by atoms with van der Waals surface area (Å²) in [6.45, 7) is 3.42. The summed E-state index contributed by atoms with van der Waals surface area (Å²) in [5.41, 5.74) is 6.02. The lowest BCUT2D eigenvalue weighted by Gasteiger charge is -2.31. The molecular formula is C21H24FN3O2. The van der Waals surface area contributed by atoms with Crippen molar-refractivity contribution in [2.75, 3.05) is 26.2 Å². The number of amides is 2. The molecule has 1 atom stereocenters. The first-order valence-electron chi connectivity index (χ1n) is 9.09. The average Bonchev–Trinajstić information content (AvgIpc) is 2.94. The summed E-state index contributed by atoms with van der Waals surface area (Å²) in [7, 11) is 0. The molecule has 0 radical (unpaired) electrons. The molecule has 1 unspecified atom stereocenters. The first-order chi connectivity index (χ1) is 12.9. The van der Waals surface area contributed by atoms with Gasteiger partial charge in [0.15, 0.2) is 0 Å². The zero-order valence-electron chi connectivity index (χ0n) is 15.4. The van der Waals surface area contributed by atoms with E-state index in [1.807, 2.05) is 30.3 Å². The van der Waals surface area contributed by atoms with Crippen LogP contribution in [0.2, 0.25) is 0 Å². The van der Waals surface area contributed by atoms with Crippen LogP contribution in [0.15, 0.2) is 54.6 Å². The Kier molecular flexibility index (Phi) is 5.56. The van der Waals surface area contributed by atoms with Crippen LogP contribution in [-0.4, -0.2) is 47.8 Å². The summed E-state index contributed by atoms with van der Waals surface area (Å²) in [5.74, 6) is -1.05. The molecule has 0 aromatic heterocycles. The van der Waals surface area contributed by atoms with Crippen molar-refractivity contribution in [3.05, 3.63) is 71.5 Å². The van der Waals surface area contributed by atoms with E-state index < -0.39 is 11.4 Å². The van der Waals surface area contributed by atoms with Crippen molar-refractivity contribution in [3.63, 3.8) is 0 Å². The summed E-state index contributed by atoms with van der Waals surface area (Å²) in [6.07, 6.45) is 0.622. The Morgan fingerprint density at radius 3 is 2.22 bits per heavy atom. The van der Waals surface area contributed by atoms with Gasteiger partial charge in [-0.2, -0.15) is 0 Å². The van der Waals surface area contributed by atoms with E-state index in [0.29, 0.717) is 32.6 Å². The molecule has 1 saturated heterocycles. The maximum Gasteiger partial charge on any atom is 0.256 e. The zero-order valence-corrected chi connectivity index (χ0v) is 15.4. The molecule has 6 heteroatoms. The Hall–Kier alpha value is -2.73. The van der Waals surface area contributed by atoms with Gasteiger partial charge in [0.25, 0.3) is 5.91 Å². The Bertz CT molecular complexity index is 823. The molecule has 0 bridgehead atoms. The van der Waals surface area contributed by atoms with Gasteiger partial charge >= 0.3 is 0 Å². The van der Waals surface area contributed by atoms with Gasteiger partial charge in [0.2, 0.25) is 5.91 Å². The summed E-state index contributed by atoms with van der Waals surface area (Å²) < 4.78 is 13.9. The molecule has 142 valence electrons. The van der Waals surface area contributed by atoms with Crippen molar-refractivity contribution in [1.29, 1.82) is 0 Å². The highest BCUT2D eigenvalue weighted by atomic mass is 19.1. The number of hydrogen-bond donors (Lipinski definition) is 1. The van der Waals surface area contributed by atoms with E-state index >= 15 is 0 Å². The van der Waals surface area contributed by atoms with Crippen LogP contribution in [0.1, 0.15) is 29.3 Å². The van der Waals surface area contributed by atoms with Gasteiger partial charge < -0.3 is 15.5 Å². The van der Waals surface area contributed by atoms with Crippen LogP contribution in [0, 0.1) is 5.82 Å². The molecule has 2 aromatic rings. The minimum absolute atomic E-state index is 0.0604. The van der Waals surface area contributed by atoms with Crippen molar-refractivity contribution >= 4 is 11.8 Å². The van der Waals surface area contributed by atoms with E-state index in [1.165, 1.54) is 12.1 Å². The van der Waals surface area contributed by atoms with E-state index in [2.05, 4.69) is 0 Å². The lowest BCUT2D eigenvalue weighted by Crippen LogP contribution is -2.51. The Morgan fingerprint density at radius 1 is 0.926 bits per heavy atom. The van der Waals surface area contributed by atoms with Crippen LogP contribution >= 0.6 is 0 Å². The highest BCUT2D eigenvalue weighted by Gasteiger charge is 2.35. The van der Waals surface area contributed by atoms with Gasteiger partial charge in [0.05, 0.1) is 5.56 Å². The quantitative estimate of drug-likeness (QED) is 0.903. The SMILES string of the molecule is CC(N)(C(=O)N1CCCN(C(=O)c2ccccc2F)CC1)c1ccccc1. The summed E-state index contributed by atoms with van der Waals surface area (Å²) in [4.78, 5) is 28.9. The molecular weight excluding hydrogens is 345 g/mol. The van der Waals surface area contributed by atoms with E-state index in [0.717, 1.165) is 5.56 Å².